The van der Waals surface area contributed by atoms with Crippen LogP contribution in [0.15, 0.2) is 0 Å². The molecule has 0 aliphatic heterocycles. The molecule has 0 spiro atoms. The third-order valence-electron chi connectivity index (χ3n) is 0. The summed E-state index contributed by atoms with van der Waals surface area (Å²) in [6, 6.07) is 0. The molecule has 0 heterocycles. The monoisotopic (exact) mass is 311 g/mol. The molecular weight excluding hydrogens is 312 g/mol. The molecule has 0 amide bonds. The van der Waals surface area contributed by atoms with Gasteiger partial charge in [0.25, 0.3) is 0 Å². The van der Waals surface area contributed by atoms with E-state index in [1.807, 2.05) is 0 Å². The van der Waals surface area contributed by atoms with Crippen LogP contribution in [-0.4, -0.2) is 31.5 Å². The summed E-state index contributed by atoms with van der Waals surface area (Å²) >= 11 is 0. The van der Waals surface area contributed by atoms with Gasteiger partial charge in [-0.2, -0.15) is 0 Å². The summed E-state index contributed by atoms with van der Waals surface area (Å²) in [7, 11) is -5.61. The Balaban J connectivity index is -0.0000000221. The molecule has 66 valence electrons. The third kappa shape index (κ3) is 546. The average Bonchev–Trinajstić information content (AvgIpc) is 1.19. The van der Waals surface area contributed by atoms with E-state index in [9.17, 15) is 0 Å². The summed E-state index contributed by atoms with van der Waals surface area (Å²) in [6.45, 7) is 0. The molecule has 0 aromatic carbocycles. The Morgan fingerprint density at radius 2 is 1.00 bits per heavy atom. The minimum absolute atomic E-state index is 0. The number of hydrogen-bond acceptors (Lipinski definition) is 7. The van der Waals surface area contributed by atoms with E-state index in [2.05, 4.69) is 0 Å². The van der Waals surface area contributed by atoms with Gasteiger partial charge in [0, 0.05) is 0 Å². The summed E-state index contributed by atoms with van der Waals surface area (Å²) in [4.78, 5) is 42.6. The fourth-order valence-corrected chi connectivity index (χ4v) is 0. The van der Waals surface area contributed by atoms with Gasteiger partial charge in [0.2, 0.25) is 0 Å². The van der Waals surface area contributed by atoms with Crippen LogP contribution < -0.4 is 48.7 Å². The van der Waals surface area contributed by atoms with Crippen molar-refractivity contribution in [1.82, 2.24) is 0 Å². The number of rotatable bonds is 0. The third-order valence-corrected chi connectivity index (χ3v) is 0. The van der Waals surface area contributed by atoms with Gasteiger partial charge in [-0.25, -0.2) is 0 Å². The maximum Gasteiger partial charge on any atom is 3.00 e. The topological polar surface area (TPSA) is 158 Å². The van der Waals surface area contributed by atoms with Gasteiger partial charge >= 0.3 is 69.3 Å². The Kier molecular flexibility index (Phi) is 36.5. The van der Waals surface area contributed by atoms with E-state index in [1.54, 1.807) is 0 Å². The van der Waals surface area contributed by atoms with Crippen LogP contribution in [-0.2, 0) is 22.4 Å². The molecule has 8 nitrogen and oxygen atoms in total. The first-order valence-corrected chi connectivity index (χ1v) is 3.00. The summed E-state index contributed by atoms with van der Waals surface area (Å²) in [6.07, 6.45) is 0. The Labute approximate surface area is 117 Å². The fourth-order valence-electron chi connectivity index (χ4n) is 0. The van der Waals surface area contributed by atoms with Crippen molar-refractivity contribution in [2.75, 3.05) is 0 Å². The molecule has 0 aliphatic carbocycles. The van der Waals surface area contributed by atoms with Crippen molar-refractivity contribution in [2.45, 2.75) is 0 Å². The van der Waals surface area contributed by atoms with Crippen LogP contribution in [0.1, 0.15) is 0 Å². The largest absolute Gasteiger partial charge is 3.00 e. The van der Waals surface area contributed by atoms with E-state index >= 15 is 0 Å². The van der Waals surface area contributed by atoms with Crippen LogP contribution in [0, 0.1) is 15.3 Å². The quantitative estimate of drug-likeness (QED) is 0.244. The van der Waals surface area contributed by atoms with Crippen LogP contribution in [0.3, 0.4) is 0 Å². The first kappa shape index (κ1) is 29.2. The summed E-state index contributed by atoms with van der Waals surface area (Å²) in [5, 5.41) is 14.8. The van der Waals surface area contributed by atoms with Gasteiger partial charge in [0.15, 0.2) is 0 Å². The Bertz CT molecular complexity index is 85.9. The molecule has 0 N–H and O–H groups in total. The standard InChI is InChI=1S/Ag.Al.NO3.Na.O4Si/c;;2-1(3)4;;1-5(2,3)4/q+1;+3;-1;+1;-4. The van der Waals surface area contributed by atoms with Crippen molar-refractivity contribution in [3.8, 4) is 0 Å². The zero-order chi connectivity index (χ0) is 8.08. The first-order valence-electron chi connectivity index (χ1n) is 1.36. The van der Waals surface area contributed by atoms with Gasteiger partial charge in [-0.3, -0.25) is 0 Å². The number of nitrogens with zero attached hydrogens (tertiary/aromatic N) is 1. The van der Waals surface area contributed by atoms with Crippen LogP contribution in [0.2, 0.25) is 0 Å². The van der Waals surface area contributed by atoms with Crippen molar-refractivity contribution >= 4 is 26.4 Å². The molecule has 0 saturated heterocycles. The van der Waals surface area contributed by atoms with Crippen LogP contribution in [0.5, 0.6) is 0 Å². The predicted octanol–water partition coefficient (Wildman–Crippen LogP) is -8.76. The Morgan fingerprint density at radius 1 is 1.00 bits per heavy atom. The zero-order valence-electron chi connectivity index (χ0n) is 5.68. The summed E-state index contributed by atoms with van der Waals surface area (Å²) < 4.78 is 0. The first-order chi connectivity index (χ1) is 3.73. The van der Waals surface area contributed by atoms with Gasteiger partial charge in [0.1, 0.15) is 0 Å². The molecule has 0 aromatic rings. The average molecular weight is 312 g/mol. The SMILES string of the molecule is O=[N+]([O-])[O-].[Ag+].[Al+3].[Na+].[O-][Si]([O-])([O-])[O-]. The van der Waals surface area contributed by atoms with Gasteiger partial charge in [-0.15, -0.1) is 0 Å². The smallest absolute Gasteiger partial charge is 0.894 e. The van der Waals surface area contributed by atoms with Crippen LogP contribution >= 0.6 is 0 Å². The second kappa shape index (κ2) is 15.0. The molecule has 0 aliphatic rings. The van der Waals surface area contributed by atoms with Crippen LogP contribution in [0.25, 0.3) is 0 Å². The normalized spacial score (nSPS) is 7.00. The van der Waals surface area contributed by atoms with E-state index in [4.69, 9.17) is 34.5 Å². The maximum absolute atomic E-state index is 8.58. The van der Waals surface area contributed by atoms with E-state index in [0.717, 1.165) is 0 Å². The molecule has 12 heavy (non-hydrogen) atoms. The molecule has 0 fully saturated rings. The molecular formula is AgAlNNaO7Si. The molecule has 0 rings (SSSR count). The molecule has 0 saturated carbocycles. The van der Waals surface area contributed by atoms with E-state index in [-0.39, 0.29) is 69.3 Å². The molecule has 0 bridgehead atoms. The van der Waals surface area contributed by atoms with Crippen molar-refractivity contribution in [1.29, 1.82) is 0 Å². The Morgan fingerprint density at radius 3 is 1.00 bits per heavy atom. The zero-order valence-corrected chi connectivity index (χ0v) is 11.3. The van der Waals surface area contributed by atoms with Crippen molar-refractivity contribution < 1.29 is 76.2 Å². The maximum atomic E-state index is 8.58. The van der Waals surface area contributed by atoms with E-state index in [1.165, 1.54) is 0 Å². The molecule has 0 aromatic heterocycles. The van der Waals surface area contributed by atoms with Gasteiger partial charge in [-0.1, -0.05) is 0 Å². The van der Waals surface area contributed by atoms with Gasteiger partial charge in [-0.05, 0) is 0 Å². The minimum atomic E-state index is -5.61. The van der Waals surface area contributed by atoms with Crippen molar-refractivity contribution in [3.63, 3.8) is 0 Å². The van der Waals surface area contributed by atoms with Gasteiger partial charge in [0.05, 0.1) is 5.09 Å². The minimum Gasteiger partial charge on any atom is -0.894 e. The molecule has 0 radical (unpaired) electrons. The van der Waals surface area contributed by atoms with Crippen molar-refractivity contribution in [2.24, 2.45) is 0 Å². The summed E-state index contributed by atoms with van der Waals surface area (Å²) in [5.41, 5.74) is 0. The Hall–Kier alpha value is 1.53. The predicted molar refractivity (Wildman–Crippen MR) is 21.9 cm³/mol. The van der Waals surface area contributed by atoms with Crippen LogP contribution in [0.4, 0.5) is 0 Å². The van der Waals surface area contributed by atoms with E-state index in [0.29, 0.717) is 0 Å². The molecule has 12 heteroatoms. The molecule has 0 unspecified atom stereocenters. The second-order valence-corrected chi connectivity index (χ2v) is 1.72. The number of hydrogen-bond donors (Lipinski definition) is 0. The van der Waals surface area contributed by atoms with Gasteiger partial charge < -0.3 is 43.6 Å². The second-order valence-electron chi connectivity index (χ2n) is 0.724. The van der Waals surface area contributed by atoms with Crippen molar-refractivity contribution in [3.05, 3.63) is 15.3 Å². The fraction of sp³-hybridized carbons (Fsp3) is 0. The summed E-state index contributed by atoms with van der Waals surface area (Å²) in [5.74, 6) is 0. The van der Waals surface area contributed by atoms with E-state index < -0.39 is 14.1 Å². The molecule has 0 atom stereocenters.